The summed E-state index contributed by atoms with van der Waals surface area (Å²) in [4.78, 5) is 17.0. The van der Waals surface area contributed by atoms with Crippen molar-refractivity contribution in [2.45, 2.75) is 46.2 Å². The molecule has 1 saturated heterocycles. The summed E-state index contributed by atoms with van der Waals surface area (Å²) < 4.78 is 1.84. The van der Waals surface area contributed by atoms with Gasteiger partial charge in [-0.2, -0.15) is 5.10 Å². The fraction of sp³-hybridized carbons (Fsp3) is 0.733. The van der Waals surface area contributed by atoms with E-state index < -0.39 is 0 Å². The molecule has 1 aromatic heterocycles. The Morgan fingerprint density at radius 3 is 2.70 bits per heavy atom. The standard InChI is InChI=1S/C15H26N4O/c1-5-13-11-17(6-2)9-10-18(13)15(20)14-7-8-19(16-14)12(3)4/h7-8,12-13H,5-6,9-11H2,1-4H3/t13-/m0/s1. The van der Waals surface area contributed by atoms with Crippen LogP contribution in [-0.2, 0) is 0 Å². The van der Waals surface area contributed by atoms with Gasteiger partial charge in [0.05, 0.1) is 0 Å². The van der Waals surface area contributed by atoms with E-state index in [1.54, 1.807) is 0 Å². The SMILES string of the molecule is CC[C@H]1CN(CC)CCN1C(=O)c1ccn(C(C)C)n1. The van der Waals surface area contributed by atoms with Crippen molar-refractivity contribution in [1.82, 2.24) is 19.6 Å². The van der Waals surface area contributed by atoms with Crippen molar-refractivity contribution < 1.29 is 4.79 Å². The molecule has 2 heterocycles. The molecule has 1 aliphatic heterocycles. The number of rotatable bonds is 4. The Morgan fingerprint density at radius 2 is 2.15 bits per heavy atom. The van der Waals surface area contributed by atoms with Gasteiger partial charge >= 0.3 is 0 Å². The summed E-state index contributed by atoms with van der Waals surface area (Å²) in [6.07, 6.45) is 2.88. The van der Waals surface area contributed by atoms with E-state index in [1.165, 1.54) is 0 Å². The summed E-state index contributed by atoms with van der Waals surface area (Å²) >= 11 is 0. The van der Waals surface area contributed by atoms with Crippen LogP contribution in [0.15, 0.2) is 12.3 Å². The number of hydrogen-bond donors (Lipinski definition) is 0. The molecule has 0 aromatic carbocycles. The Balaban J connectivity index is 2.10. The first-order valence-corrected chi connectivity index (χ1v) is 7.65. The van der Waals surface area contributed by atoms with E-state index in [0.717, 1.165) is 32.6 Å². The average molecular weight is 278 g/mol. The Kier molecular flexibility index (Phi) is 4.81. The van der Waals surface area contributed by atoms with Crippen LogP contribution >= 0.6 is 0 Å². The molecule has 1 amide bonds. The maximum absolute atomic E-state index is 12.6. The molecule has 0 radical (unpaired) electrons. The number of nitrogens with zero attached hydrogens (tertiary/aromatic N) is 4. The maximum Gasteiger partial charge on any atom is 0.274 e. The molecule has 1 atom stereocenters. The van der Waals surface area contributed by atoms with Gasteiger partial charge < -0.3 is 4.90 Å². The molecule has 0 unspecified atom stereocenters. The Bertz CT molecular complexity index is 454. The molecule has 1 aliphatic rings. The van der Waals surface area contributed by atoms with Crippen molar-refractivity contribution in [3.8, 4) is 0 Å². The van der Waals surface area contributed by atoms with Gasteiger partial charge in [-0.3, -0.25) is 14.4 Å². The average Bonchev–Trinajstić information content (AvgIpc) is 2.95. The molecular weight excluding hydrogens is 252 g/mol. The van der Waals surface area contributed by atoms with Gasteiger partial charge in [0, 0.05) is 37.9 Å². The van der Waals surface area contributed by atoms with Crippen LogP contribution in [0.1, 0.15) is 50.6 Å². The third-order valence-electron chi connectivity index (χ3n) is 4.10. The molecule has 112 valence electrons. The number of carbonyl (C=O) groups excluding carboxylic acids is 1. The minimum atomic E-state index is 0.0759. The normalized spacial score (nSPS) is 20.6. The van der Waals surface area contributed by atoms with E-state index in [9.17, 15) is 4.79 Å². The highest BCUT2D eigenvalue weighted by Crippen LogP contribution is 2.16. The van der Waals surface area contributed by atoms with Crippen molar-refractivity contribution in [3.05, 3.63) is 18.0 Å². The lowest BCUT2D eigenvalue weighted by Crippen LogP contribution is -2.54. The third-order valence-corrected chi connectivity index (χ3v) is 4.10. The van der Waals surface area contributed by atoms with Crippen molar-refractivity contribution in [2.75, 3.05) is 26.2 Å². The van der Waals surface area contributed by atoms with Gasteiger partial charge in [0.1, 0.15) is 5.69 Å². The van der Waals surface area contributed by atoms with Gasteiger partial charge in [0.25, 0.3) is 5.91 Å². The number of aromatic nitrogens is 2. The van der Waals surface area contributed by atoms with Gasteiger partial charge in [-0.25, -0.2) is 0 Å². The second kappa shape index (κ2) is 6.39. The number of hydrogen-bond acceptors (Lipinski definition) is 3. The van der Waals surface area contributed by atoms with Crippen molar-refractivity contribution in [3.63, 3.8) is 0 Å². The fourth-order valence-corrected chi connectivity index (χ4v) is 2.71. The molecule has 2 rings (SSSR count). The van der Waals surface area contributed by atoms with Crippen LogP contribution in [0.5, 0.6) is 0 Å². The quantitative estimate of drug-likeness (QED) is 0.846. The molecule has 0 spiro atoms. The van der Waals surface area contributed by atoms with Gasteiger partial charge in [-0.1, -0.05) is 13.8 Å². The molecule has 5 heteroatoms. The van der Waals surface area contributed by atoms with E-state index >= 15 is 0 Å². The number of amides is 1. The fourth-order valence-electron chi connectivity index (χ4n) is 2.71. The first kappa shape index (κ1) is 15.0. The summed E-state index contributed by atoms with van der Waals surface area (Å²) in [6.45, 7) is 12.3. The first-order valence-electron chi connectivity index (χ1n) is 7.65. The van der Waals surface area contributed by atoms with E-state index in [2.05, 4.69) is 37.7 Å². The first-order chi connectivity index (χ1) is 9.56. The van der Waals surface area contributed by atoms with E-state index in [4.69, 9.17) is 0 Å². The van der Waals surface area contributed by atoms with Crippen LogP contribution in [0, 0.1) is 0 Å². The molecule has 0 aliphatic carbocycles. The minimum Gasteiger partial charge on any atom is -0.332 e. The van der Waals surface area contributed by atoms with E-state index in [0.29, 0.717) is 11.7 Å². The number of piperazine rings is 1. The minimum absolute atomic E-state index is 0.0759. The maximum atomic E-state index is 12.6. The summed E-state index contributed by atoms with van der Waals surface area (Å²) in [5.74, 6) is 0.0759. The molecule has 5 nitrogen and oxygen atoms in total. The van der Waals surface area contributed by atoms with Gasteiger partial charge in [0.15, 0.2) is 0 Å². The van der Waals surface area contributed by atoms with Gasteiger partial charge in [-0.15, -0.1) is 0 Å². The zero-order valence-corrected chi connectivity index (χ0v) is 13.0. The second-order valence-electron chi connectivity index (χ2n) is 5.73. The molecule has 0 N–H and O–H groups in total. The predicted octanol–water partition coefficient (Wildman–Crippen LogP) is 2.02. The van der Waals surface area contributed by atoms with Gasteiger partial charge in [-0.05, 0) is 32.9 Å². The largest absolute Gasteiger partial charge is 0.332 e. The van der Waals surface area contributed by atoms with Crippen LogP contribution in [0.25, 0.3) is 0 Å². The molecule has 1 fully saturated rings. The lowest BCUT2D eigenvalue weighted by Gasteiger charge is -2.40. The summed E-state index contributed by atoms with van der Waals surface area (Å²) in [6, 6.07) is 2.43. The van der Waals surface area contributed by atoms with E-state index in [-0.39, 0.29) is 11.9 Å². The monoisotopic (exact) mass is 278 g/mol. The van der Waals surface area contributed by atoms with Crippen molar-refractivity contribution in [2.24, 2.45) is 0 Å². The Labute approximate surface area is 121 Å². The van der Waals surface area contributed by atoms with E-state index in [1.807, 2.05) is 21.8 Å². The molecular formula is C15H26N4O. The van der Waals surface area contributed by atoms with Crippen molar-refractivity contribution >= 4 is 5.91 Å². The zero-order valence-electron chi connectivity index (χ0n) is 13.0. The van der Waals surface area contributed by atoms with Crippen LogP contribution < -0.4 is 0 Å². The summed E-state index contributed by atoms with van der Waals surface area (Å²) in [5.41, 5.74) is 0.571. The predicted molar refractivity (Wildman–Crippen MR) is 79.8 cm³/mol. The number of carbonyl (C=O) groups is 1. The van der Waals surface area contributed by atoms with Crippen LogP contribution in [0.2, 0.25) is 0 Å². The molecule has 20 heavy (non-hydrogen) atoms. The van der Waals surface area contributed by atoms with Crippen LogP contribution in [-0.4, -0.2) is 57.7 Å². The third kappa shape index (κ3) is 3.03. The highest BCUT2D eigenvalue weighted by molar-refractivity contribution is 5.92. The van der Waals surface area contributed by atoms with Gasteiger partial charge in [0.2, 0.25) is 0 Å². The summed E-state index contributed by atoms with van der Waals surface area (Å²) in [7, 11) is 0. The van der Waals surface area contributed by atoms with Crippen LogP contribution in [0.4, 0.5) is 0 Å². The summed E-state index contributed by atoms with van der Waals surface area (Å²) in [5, 5.41) is 4.40. The molecule has 1 aromatic rings. The Hall–Kier alpha value is -1.36. The topological polar surface area (TPSA) is 41.4 Å². The molecule has 0 saturated carbocycles. The lowest BCUT2D eigenvalue weighted by molar-refractivity contribution is 0.0450. The highest BCUT2D eigenvalue weighted by Gasteiger charge is 2.30. The Morgan fingerprint density at radius 1 is 1.40 bits per heavy atom. The number of likely N-dealkylation sites (N-methyl/N-ethyl adjacent to an activating group) is 1. The van der Waals surface area contributed by atoms with Crippen molar-refractivity contribution in [1.29, 1.82) is 0 Å². The lowest BCUT2D eigenvalue weighted by atomic mass is 10.1. The smallest absolute Gasteiger partial charge is 0.274 e. The molecule has 0 bridgehead atoms. The van der Waals surface area contributed by atoms with Crippen LogP contribution in [0.3, 0.4) is 0 Å². The highest BCUT2D eigenvalue weighted by atomic mass is 16.2. The second-order valence-corrected chi connectivity index (χ2v) is 5.73. The zero-order chi connectivity index (χ0) is 14.7.